The highest BCUT2D eigenvalue weighted by molar-refractivity contribution is 6.12. The molecule has 0 spiro atoms. The normalized spacial score (nSPS) is 16.5. The number of hydrogen-bond donors (Lipinski definition) is 0. The fourth-order valence-electron chi connectivity index (χ4n) is 9.80. The molecule has 0 N–H and O–H groups in total. The number of rotatable bonds is 6. The number of aromatic nitrogens is 3. The number of alkyl halides is 3. The van der Waals surface area contributed by atoms with Crippen molar-refractivity contribution in [3.63, 3.8) is 0 Å². The summed E-state index contributed by atoms with van der Waals surface area (Å²) in [6.07, 6.45) is 3.94. The van der Waals surface area contributed by atoms with Crippen LogP contribution in [0.3, 0.4) is 0 Å². The maximum absolute atomic E-state index is 15.9. The van der Waals surface area contributed by atoms with E-state index < -0.39 is 11.7 Å². The summed E-state index contributed by atoms with van der Waals surface area (Å²) in [5.41, 5.74) is 9.57. The van der Waals surface area contributed by atoms with Gasteiger partial charge in [0.1, 0.15) is 0 Å². The van der Waals surface area contributed by atoms with E-state index in [2.05, 4.69) is 116 Å². The first-order chi connectivity index (χ1) is 30.6. The van der Waals surface area contributed by atoms with Crippen molar-refractivity contribution in [2.24, 2.45) is 5.92 Å². The van der Waals surface area contributed by atoms with Gasteiger partial charge in [0.15, 0.2) is 0 Å². The van der Waals surface area contributed by atoms with Gasteiger partial charge in [-0.3, -0.25) is 0 Å². The molecule has 10 aromatic rings. The molecule has 0 saturated carbocycles. The predicted octanol–water partition coefficient (Wildman–Crippen LogP) is 15.6. The lowest BCUT2D eigenvalue weighted by Gasteiger charge is -2.33. The highest BCUT2D eigenvalue weighted by atomic mass is 19.4. The van der Waals surface area contributed by atoms with Crippen molar-refractivity contribution in [2.45, 2.75) is 32.4 Å². The number of para-hydroxylation sites is 2. The summed E-state index contributed by atoms with van der Waals surface area (Å²) in [7, 11) is 0. The highest BCUT2D eigenvalue weighted by Gasteiger charge is 2.37. The average Bonchev–Trinajstić information content (AvgIpc) is 3.82. The molecule has 63 heavy (non-hydrogen) atoms. The highest BCUT2D eigenvalue weighted by Crippen LogP contribution is 2.46. The van der Waals surface area contributed by atoms with Gasteiger partial charge >= 0.3 is 6.18 Å². The van der Waals surface area contributed by atoms with Gasteiger partial charge in [-0.05, 0) is 95.8 Å². The summed E-state index contributed by atoms with van der Waals surface area (Å²) in [5.74, 6) is 0.248. The number of pyridine rings is 1. The van der Waals surface area contributed by atoms with Gasteiger partial charge in [-0.25, -0.2) is 4.98 Å². The van der Waals surface area contributed by atoms with E-state index in [-0.39, 0.29) is 22.6 Å². The zero-order valence-corrected chi connectivity index (χ0v) is 35.0. The molecule has 11 rings (SSSR count). The minimum absolute atomic E-state index is 0.00333. The van der Waals surface area contributed by atoms with Gasteiger partial charge in [0.25, 0.3) is 0 Å². The number of benzene rings is 7. The maximum atomic E-state index is 15.9. The number of nitrogens with zero attached hydrogens (tertiary/aromatic N) is 3. The first kappa shape index (κ1) is 38.5. The maximum Gasteiger partial charge on any atom is 0.417 e. The van der Waals surface area contributed by atoms with Gasteiger partial charge in [-0.1, -0.05) is 147 Å². The average molecular weight is 826 g/mol. The minimum atomic E-state index is -4.71. The number of fused-ring (bicyclic) bond motifs is 6. The number of hydrogen-bond acceptors (Lipinski definition) is 1. The second-order valence-electron chi connectivity index (χ2n) is 17.0. The third-order valence-electron chi connectivity index (χ3n) is 13.3. The monoisotopic (exact) mass is 825 g/mol. The smallest absolute Gasteiger partial charge is 0.307 e. The van der Waals surface area contributed by atoms with E-state index in [0.717, 1.165) is 71.4 Å². The van der Waals surface area contributed by atoms with E-state index in [1.54, 1.807) is 18.2 Å². The molecular formula is C57H42F3N3. The van der Waals surface area contributed by atoms with Crippen LogP contribution in [-0.2, 0) is 11.6 Å². The lowest BCUT2D eigenvalue weighted by Crippen LogP contribution is -2.28. The molecule has 2 atom stereocenters. The lowest BCUT2D eigenvalue weighted by molar-refractivity contribution is -0.137. The third-order valence-corrected chi connectivity index (χ3v) is 13.3. The van der Waals surface area contributed by atoms with Crippen LogP contribution in [0.2, 0.25) is 0 Å². The standard InChI is InChI=1S/C57H42F3N3/c1-36-16-7-8-20-41(36)39-27-29-52-44(32-39)42-21-9-11-25-50(42)62(52)54-34-46(49-24-15-23-48(61-49)38-18-5-4-6-19-38)47(57(58,59)60)35-55(54)63-51-26-12-10-22-43(51)45-33-40(28-30-53(45)63)56(3)31-14-13-17-37(56)2/h4-35,37H,1-3H3. The van der Waals surface area contributed by atoms with Gasteiger partial charge in [-0.15, -0.1) is 0 Å². The number of halogens is 3. The van der Waals surface area contributed by atoms with Crippen LogP contribution < -0.4 is 0 Å². The van der Waals surface area contributed by atoms with Gasteiger partial charge < -0.3 is 9.13 Å². The summed E-state index contributed by atoms with van der Waals surface area (Å²) in [6, 6.07) is 55.4. The molecule has 2 unspecified atom stereocenters. The molecule has 3 aromatic heterocycles. The van der Waals surface area contributed by atoms with Gasteiger partial charge in [0, 0.05) is 38.1 Å². The Morgan fingerprint density at radius 2 is 1.13 bits per heavy atom. The molecule has 306 valence electrons. The minimum Gasteiger partial charge on any atom is -0.307 e. The molecule has 1 aliphatic carbocycles. The molecule has 3 heterocycles. The van der Waals surface area contributed by atoms with Crippen LogP contribution in [-0.4, -0.2) is 14.1 Å². The first-order valence-electron chi connectivity index (χ1n) is 21.4. The Kier molecular flexibility index (Phi) is 8.91. The Labute approximate surface area is 363 Å². The summed E-state index contributed by atoms with van der Waals surface area (Å²) >= 11 is 0. The van der Waals surface area contributed by atoms with Gasteiger partial charge in [-0.2, -0.15) is 13.2 Å². The second-order valence-corrected chi connectivity index (χ2v) is 17.0. The zero-order chi connectivity index (χ0) is 43.0. The van der Waals surface area contributed by atoms with Crippen molar-refractivity contribution in [1.29, 1.82) is 0 Å². The molecule has 0 saturated heterocycles. The fourth-order valence-corrected chi connectivity index (χ4v) is 9.80. The summed E-state index contributed by atoms with van der Waals surface area (Å²) in [6.45, 7) is 6.58. The van der Waals surface area contributed by atoms with Crippen LogP contribution in [0.15, 0.2) is 194 Å². The molecule has 1 aliphatic rings. The van der Waals surface area contributed by atoms with Gasteiger partial charge in [0.05, 0.1) is 50.4 Å². The van der Waals surface area contributed by atoms with Crippen molar-refractivity contribution in [3.8, 4) is 45.0 Å². The summed E-state index contributed by atoms with van der Waals surface area (Å²) < 4.78 is 51.9. The van der Waals surface area contributed by atoms with E-state index in [0.29, 0.717) is 17.1 Å². The molecule has 0 aliphatic heterocycles. The van der Waals surface area contributed by atoms with Crippen LogP contribution in [0.4, 0.5) is 13.2 Å². The molecular weight excluding hydrogens is 784 g/mol. The fraction of sp³-hybridized carbons (Fsp3) is 0.105. The number of aryl methyl sites for hydroxylation is 1. The van der Waals surface area contributed by atoms with Crippen molar-refractivity contribution in [2.75, 3.05) is 0 Å². The molecule has 0 bridgehead atoms. The van der Waals surface area contributed by atoms with E-state index >= 15 is 13.2 Å². The Balaban J connectivity index is 1.25. The molecule has 0 radical (unpaired) electrons. The lowest BCUT2D eigenvalue weighted by atomic mass is 9.70. The molecule has 6 heteroatoms. The Morgan fingerprint density at radius 3 is 1.83 bits per heavy atom. The van der Waals surface area contributed by atoms with Crippen molar-refractivity contribution in [1.82, 2.24) is 14.1 Å². The molecule has 0 fully saturated rings. The predicted molar refractivity (Wildman–Crippen MR) is 254 cm³/mol. The van der Waals surface area contributed by atoms with Crippen LogP contribution in [0.25, 0.3) is 88.6 Å². The van der Waals surface area contributed by atoms with Crippen LogP contribution in [0, 0.1) is 12.8 Å². The Hall–Kier alpha value is -7.44. The Bertz CT molecular complexity index is 3490. The zero-order valence-electron chi connectivity index (χ0n) is 35.0. The van der Waals surface area contributed by atoms with E-state index in [9.17, 15) is 0 Å². The second kappa shape index (κ2) is 14.6. The van der Waals surface area contributed by atoms with E-state index in [4.69, 9.17) is 4.98 Å². The largest absolute Gasteiger partial charge is 0.417 e. The third kappa shape index (κ3) is 6.23. The van der Waals surface area contributed by atoms with E-state index in [1.807, 2.05) is 83.4 Å². The summed E-state index contributed by atoms with van der Waals surface area (Å²) in [4.78, 5) is 4.92. The van der Waals surface area contributed by atoms with Crippen LogP contribution >= 0.6 is 0 Å². The van der Waals surface area contributed by atoms with Crippen molar-refractivity contribution >= 4 is 43.6 Å². The quantitative estimate of drug-likeness (QED) is 0.164. The van der Waals surface area contributed by atoms with Gasteiger partial charge in [0.2, 0.25) is 0 Å². The van der Waals surface area contributed by atoms with Crippen LogP contribution in [0.5, 0.6) is 0 Å². The summed E-state index contributed by atoms with van der Waals surface area (Å²) in [5, 5.41) is 3.95. The van der Waals surface area contributed by atoms with Crippen LogP contribution in [0.1, 0.15) is 30.5 Å². The van der Waals surface area contributed by atoms with Crippen molar-refractivity contribution < 1.29 is 13.2 Å². The van der Waals surface area contributed by atoms with E-state index in [1.165, 1.54) is 6.07 Å². The van der Waals surface area contributed by atoms with Crippen molar-refractivity contribution in [3.05, 3.63) is 211 Å². The molecule has 3 nitrogen and oxygen atoms in total. The Morgan fingerprint density at radius 1 is 0.524 bits per heavy atom. The number of allylic oxidation sites excluding steroid dienone is 4. The SMILES string of the molecule is Cc1ccccc1-c1ccc2c(c1)c1ccccc1n2-c1cc(-c2cccc(-c3ccccc3)n2)c(C(F)(F)F)cc1-n1c2ccccc2c2cc(C3(C)C=CC=CC3C)ccc21. The first-order valence-corrected chi connectivity index (χ1v) is 21.4. The molecule has 0 amide bonds. The topological polar surface area (TPSA) is 22.8 Å². The molecule has 7 aromatic carbocycles.